The van der Waals surface area contributed by atoms with Crippen LogP contribution < -0.4 is 10.9 Å². The Labute approximate surface area is 168 Å². The Balaban J connectivity index is 1.69. The van der Waals surface area contributed by atoms with Crippen LogP contribution in [0.1, 0.15) is 35.8 Å². The van der Waals surface area contributed by atoms with Gasteiger partial charge in [-0.3, -0.25) is 9.59 Å². The largest absolute Gasteiger partial charge is 0.462 e. The first-order valence-electron chi connectivity index (χ1n) is 9.51. The fourth-order valence-corrected chi connectivity index (χ4v) is 2.95. The molecule has 0 radical (unpaired) electrons. The lowest BCUT2D eigenvalue weighted by Crippen LogP contribution is -2.24. The monoisotopic (exact) mass is 393 g/mol. The predicted molar refractivity (Wildman–Crippen MR) is 111 cm³/mol. The number of carbonyl (C=O) groups is 2. The number of anilines is 1. The second kappa shape index (κ2) is 9.14. The summed E-state index contributed by atoms with van der Waals surface area (Å²) in [6, 6.07) is 13.6. The summed E-state index contributed by atoms with van der Waals surface area (Å²) in [4.78, 5) is 36.6. The molecule has 1 amide bonds. The summed E-state index contributed by atoms with van der Waals surface area (Å²) in [7, 11) is 1.56. The number of benzene rings is 2. The minimum absolute atomic E-state index is 0.0233. The fraction of sp³-hybridized carbons (Fsp3) is 0.273. The van der Waals surface area contributed by atoms with Crippen molar-refractivity contribution in [2.75, 3.05) is 11.9 Å². The number of unbranched alkanes of at least 4 members (excludes halogenated alkanes) is 1. The van der Waals surface area contributed by atoms with Crippen molar-refractivity contribution >= 4 is 28.3 Å². The molecule has 2 aromatic carbocycles. The lowest BCUT2D eigenvalue weighted by atomic mass is 10.1. The van der Waals surface area contributed by atoms with Gasteiger partial charge < -0.3 is 10.1 Å². The van der Waals surface area contributed by atoms with Crippen LogP contribution in [0.3, 0.4) is 0 Å². The van der Waals surface area contributed by atoms with Crippen molar-refractivity contribution in [3.05, 3.63) is 70.1 Å². The van der Waals surface area contributed by atoms with Crippen LogP contribution in [0.2, 0.25) is 0 Å². The van der Waals surface area contributed by atoms with Crippen LogP contribution in [0.25, 0.3) is 10.8 Å². The third kappa shape index (κ3) is 4.87. The van der Waals surface area contributed by atoms with Gasteiger partial charge in [0.2, 0.25) is 5.91 Å². The number of nitrogens with one attached hydrogen (secondary N) is 1. The molecular formula is C22H23N3O4. The molecule has 0 bridgehead atoms. The van der Waals surface area contributed by atoms with E-state index in [9.17, 15) is 14.4 Å². The molecule has 3 rings (SSSR count). The first-order valence-corrected chi connectivity index (χ1v) is 9.51. The van der Waals surface area contributed by atoms with E-state index in [1.165, 1.54) is 4.68 Å². The minimum Gasteiger partial charge on any atom is -0.462 e. The van der Waals surface area contributed by atoms with Gasteiger partial charge in [-0.15, -0.1) is 0 Å². The number of hydrogen-bond donors (Lipinski definition) is 1. The standard InChI is InChI=1S/C22H23N3O4/c1-3-4-13-29-22(28)15-9-11-16(12-10-15)23-20(26)14-19-17-7-5-6-8-18(17)21(27)25(2)24-19/h5-12H,3-4,13-14H2,1-2H3,(H,23,26). The third-order valence-electron chi connectivity index (χ3n) is 4.50. The number of ether oxygens (including phenoxy) is 1. The van der Waals surface area contributed by atoms with E-state index in [0.29, 0.717) is 34.3 Å². The molecule has 0 saturated carbocycles. The third-order valence-corrected chi connectivity index (χ3v) is 4.50. The molecule has 0 unspecified atom stereocenters. The lowest BCUT2D eigenvalue weighted by molar-refractivity contribution is -0.115. The number of rotatable bonds is 7. The van der Waals surface area contributed by atoms with E-state index in [0.717, 1.165) is 12.8 Å². The number of nitrogens with zero attached hydrogens (tertiary/aromatic N) is 2. The van der Waals surface area contributed by atoms with E-state index in [1.807, 2.05) is 13.0 Å². The normalized spacial score (nSPS) is 10.7. The van der Waals surface area contributed by atoms with Crippen LogP contribution in [0.5, 0.6) is 0 Å². The molecule has 1 heterocycles. The maximum absolute atomic E-state index is 12.5. The highest BCUT2D eigenvalue weighted by atomic mass is 16.5. The quantitative estimate of drug-likeness (QED) is 0.492. The summed E-state index contributed by atoms with van der Waals surface area (Å²) in [5.74, 6) is -0.642. The zero-order chi connectivity index (χ0) is 20.8. The Kier molecular flexibility index (Phi) is 6.39. The van der Waals surface area contributed by atoms with Crippen molar-refractivity contribution in [3.63, 3.8) is 0 Å². The van der Waals surface area contributed by atoms with Gasteiger partial charge in [-0.25, -0.2) is 9.48 Å². The van der Waals surface area contributed by atoms with E-state index in [1.54, 1.807) is 49.5 Å². The molecule has 0 saturated heterocycles. The van der Waals surface area contributed by atoms with Crippen LogP contribution in [0.4, 0.5) is 5.69 Å². The van der Waals surface area contributed by atoms with Crippen molar-refractivity contribution in [2.24, 2.45) is 7.05 Å². The summed E-state index contributed by atoms with van der Waals surface area (Å²) in [6.45, 7) is 2.42. The second-order valence-corrected chi connectivity index (χ2v) is 6.71. The smallest absolute Gasteiger partial charge is 0.338 e. The van der Waals surface area contributed by atoms with E-state index >= 15 is 0 Å². The average molecular weight is 393 g/mol. The Bertz CT molecular complexity index is 1090. The van der Waals surface area contributed by atoms with Gasteiger partial charge in [0.05, 0.1) is 29.7 Å². The Morgan fingerprint density at radius 2 is 1.76 bits per heavy atom. The van der Waals surface area contributed by atoms with Gasteiger partial charge >= 0.3 is 5.97 Å². The Morgan fingerprint density at radius 3 is 2.45 bits per heavy atom. The summed E-state index contributed by atoms with van der Waals surface area (Å²) in [5, 5.41) is 8.22. The fourth-order valence-electron chi connectivity index (χ4n) is 2.95. The van der Waals surface area contributed by atoms with Gasteiger partial charge in [0.25, 0.3) is 5.56 Å². The number of aryl methyl sites for hydroxylation is 1. The molecular weight excluding hydrogens is 370 g/mol. The van der Waals surface area contributed by atoms with Crippen molar-refractivity contribution in [2.45, 2.75) is 26.2 Å². The van der Waals surface area contributed by atoms with Crippen molar-refractivity contribution in [3.8, 4) is 0 Å². The summed E-state index contributed by atoms with van der Waals surface area (Å²) in [5.41, 5.74) is 1.32. The first-order chi connectivity index (χ1) is 14.0. The molecule has 0 aliphatic carbocycles. The van der Waals surface area contributed by atoms with Crippen LogP contribution in [0, 0.1) is 0 Å². The molecule has 7 heteroatoms. The molecule has 1 N–H and O–H groups in total. The molecule has 0 fully saturated rings. The minimum atomic E-state index is -0.378. The predicted octanol–water partition coefficient (Wildman–Crippen LogP) is 3.07. The highest BCUT2D eigenvalue weighted by Gasteiger charge is 2.13. The van der Waals surface area contributed by atoms with E-state index in [4.69, 9.17) is 4.74 Å². The van der Waals surface area contributed by atoms with Gasteiger partial charge in [-0.1, -0.05) is 31.5 Å². The van der Waals surface area contributed by atoms with Gasteiger partial charge in [0.1, 0.15) is 0 Å². The lowest BCUT2D eigenvalue weighted by Gasteiger charge is -2.09. The molecule has 1 aromatic heterocycles. The molecule has 3 aromatic rings. The van der Waals surface area contributed by atoms with Gasteiger partial charge in [0, 0.05) is 18.1 Å². The van der Waals surface area contributed by atoms with Crippen LogP contribution in [-0.4, -0.2) is 28.3 Å². The SMILES string of the molecule is CCCCOC(=O)c1ccc(NC(=O)Cc2nn(C)c(=O)c3ccccc23)cc1. The molecule has 0 spiro atoms. The van der Waals surface area contributed by atoms with E-state index in [-0.39, 0.29) is 23.9 Å². The Morgan fingerprint density at radius 1 is 1.07 bits per heavy atom. The Hall–Kier alpha value is -3.48. The van der Waals surface area contributed by atoms with Crippen molar-refractivity contribution in [1.29, 1.82) is 0 Å². The van der Waals surface area contributed by atoms with E-state index in [2.05, 4.69) is 10.4 Å². The van der Waals surface area contributed by atoms with Crippen LogP contribution >= 0.6 is 0 Å². The molecule has 0 aliphatic rings. The van der Waals surface area contributed by atoms with Crippen LogP contribution in [-0.2, 0) is 23.0 Å². The summed E-state index contributed by atoms with van der Waals surface area (Å²) in [6.07, 6.45) is 1.81. The zero-order valence-corrected chi connectivity index (χ0v) is 16.5. The number of esters is 1. The topological polar surface area (TPSA) is 90.3 Å². The zero-order valence-electron chi connectivity index (χ0n) is 16.5. The van der Waals surface area contributed by atoms with Gasteiger partial charge in [0.15, 0.2) is 0 Å². The molecule has 150 valence electrons. The van der Waals surface area contributed by atoms with Crippen LogP contribution in [0.15, 0.2) is 53.3 Å². The summed E-state index contributed by atoms with van der Waals surface area (Å²) >= 11 is 0. The number of aromatic nitrogens is 2. The number of amides is 1. The second-order valence-electron chi connectivity index (χ2n) is 6.71. The maximum Gasteiger partial charge on any atom is 0.338 e. The van der Waals surface area contributed by atoms with Crippen molar-refractivity contribution < 1.29 is 14.3 Å². The van der Waals surface area contributed by atoms with E-state index < -0.39 is 0 Å². The van der Waals surface area contributed by atoms with Crippen molar-refractivity contribution in [1.82, 2.24) is 9.78 Å². The maximum atomic E-state index is 12.5. The molecule has 0 aliphatic heterocycles. The average Bonchev–Trinajstić information content (AvgIpc) is 2.72. The number of carbonyl (C=O) groups excluding carboxylic acids is 2. The summed E-state index contributed by atoms with van der Waals surface area (Å²) < 4.78 is 6.41. The van der Waals surface area contributed by atoms with Gasteiger partial charge in [-0.05, 0) is 36.8 Å². The number of hydrogen-bond acceptors (Lipinski definition) is 5. The first kappa shape index (κ1) is 20.3. The number of fused-ring (bicyclic) bond motifs is 1. The molecule has 0 atom stereocenters. The highest BCUT2D eigenvalue weighted by molar-refractivity contribution is 5.96. The molecule has 7 nitrogen and oxygen atoms in total. The molecule has 29 heavy (non-hydrogen) atoms. The highest BCUT2D eigenvalue weighted by Crippen LogP contribution is 2.15. The van der Waals surface area contributed by atoms with Gasteiger partial charge in [-0.2, -0.15) is 5.10 Å².